The van der Waals surface area contributed by atoms with Crippen molar-refractivity contribution in [3.63, 3.8) is 0 Å². The minimum atomic E-state index is -0.763. The fourth-order valence-electron chi connectivity index (χ4n) is 5.08. The minimum absolute atomic E-state index is 0.183. The van der Waals surface area contributed by atoms with E-state index in [2.05, 4.69) is 15.6 Å². The molecule has 2 heterocycles. The molecule has 5 N–H and O–H groups in total. The number of fused-ring (bicyclic) bond motifs is 2. The summed E-state index contributed by atoms with van der Waals surface area (Å²) in [6.07, 6.45) is 2.49. The van der Waals surface area contributed by atoms with Gasteiger partial charge in [0.1, 0.15) is 6.04 Å². The van der Waals surface area contributed by atoms with E-state index in [1.807, 2.05) is 42.6 Å². The van der Waals surface area contributed by atoms with Crippen LogP contribution in [-0.2, 0) is 40.3 Å². The Hall–Kier alpha value is -3.85. The quantitative estimate of drug-likeness (QED) is 0.245. The normalized spacial score (nSPS) is 14.1. The van der Waals surface area contributed by atoms with Gasteiger partial charge in [-0.3, -0.25) is 14.4 Å². The number of para-hydroxylation sites is 1. The maximum atomic E-state index is 13.3. The number of anilines is 1. The van der Waals surface area contributed by atoms with Crippen LogP contribution in [0.5, 0.6) is 0 Å². The predicted molar refractivity (Wildman–Crippen MR) is 157 cm³/mol. The second kappa shape index (κ2) is 11.7. The zero-order valence-corrected chi connectivity index (χ0v) is 23.4. The van der Waals surface area contributed by atoms with Crippen LogP contribution in [0.2, 0.25) is 10.0 Å². The van der Waals surface area contributed by atoms with Gasteiger partial charge in [0.05, 0.1) is 6.04 Å². The van der Waals surface area contributed by atoms with Crippen molar-refractivity contribution in [3.05, 3.63) is 99.2 Å². The third-order valence-electron chi connectivity index (χ3n) is 7.07. The summed E-state index contributed by atoms with van der Waals surface area (Å²) < 4.78 is 0. The van der Waals surface area contributed by atoms with Crippen LogP contribution in [0.4, 0.5) is 5.69 Å². The van der Waals surface area contributed by atoms with Crippen LogP contribution in [0, 0.1) is 0 Å². The molecule has 3 amide bonds. The van der Waals surface area contributed by atoms with Gasteiger partial charge < -0.3 is 26.3 Å². The van der Waals surface area contributed by atoms with Crippen LogP contribution in [0.15, 0.2) is 66.9 Å². The summed E-state index contributed by atoms with van der Waals surface area (Å²) in [5, 5.41) is 7.70. The highest BCUT2D eigenvalue weighted by molar-refractivity contribution is 6.35. The highest BCUT2D eigenvalue weighted by Crippen LogP contribution is 2.28. The van der Waals surface area contributed by atoms with Gasteiger partial charge in [0, 0.05) is 59.3 Å². The maximum Gasteiger partial charge on any atom is 0.247 e. The first-order valence-corrected chi connectivity index (χ1v) is 13.7. The molecule has 2 atom stereocenters. The number of halogens is 2. The lowest BCUT2D eigenvalue weighted by atomic mass is 10.0. The molecule has 5 rings (SSSR count). The van der Waals surface area contributed by atoms with E-state index in [0.717, 1.165) is 33.2 Å². The Morgan fingerprint density at radius 2 is 1.75 bits per heavy atom. The summed E-state index contributed by atoms with van der Waals surface area (Å²) >= 11 is 12.2. The molecule has 1 aliphatic heterocycles. The number of aromatic amines is 1. The number of amides is 3. The van der Waals surface area contributed by atoms with E-state index < -0.39 is 12.1 Å². The minimum Gasteiger partial charge on any atom is -0.361 e. The number of benzene rings is 3. The van der Waals surface area contributed by atoms with Gasteiger partial charge in [-0.2, -0.15) is 0 Å². The molecule has 0 spiro atoms. The summed E-state index contributed by atoms with van der Waals surface area (Å²) in [6.45, 7) is 2.20. The van der Waals surface area contributed by atoms with Crippen molar-refractivity contribution < 1.29 is 14.4 Å². The number of rotatable bonds is 8. The van der Waals surface area contributed by atoms with Gasteiger partial charge in [-0.15, -0.1) is 0 Å². The molecule has 0 radical (unpaired) electrons. The lowest BCUT2D eigenvalue weighted by Gasteiger charge is -2.20. The van der Waals surface area contributed by atoms with Crippen LogP contribution in [-0.4, -0.2) is 39.7 Å². The van der Waals surface area contributed by atoms with Gasteiger partial charge in [0.2, 0.25) is 17.7 Å². The second-order valence-electron chi connectivity index (χ2n) is 10.0. The summed E-state index contributed by atoms with van der Waals surface area (Å²) in [5.41, 5.74) is 11.4. The molecule has 2 unspecified atom stereocenters. The molecular formula is C30H29Cl2N5O3. The number of carbonyl (C=O) groups excluding carboxylic acids is 3. The smallest absolute Gasteiger partial charge is 0.247 e. The molecule has 8 nitrogen and oxygen atoms in total. The van der Waals surface area contributed by atoms with Gasteiger partial charge >= 0.3 is 0 Å². The lowest BCUT2D eigenvalue weighted by Crippen LogP contribution is -2.44. The number of hydrogen-bond acceptors (Lipinski definition) is 4. The topological polar surface area (TPSA) is 120 Å². The number of H-pyrrole nitrogens is 1. The van der Waals surface area contributed by atoms with Crippen molar-refractivity contribution in [3.8, 4) is 0 Å². The van der Waals surface area contributed by atoms with Gasteiger partial charge in [-0.1, -0.05) is 53.5 Å². The lowest BCUT2D eigenvalue weighted by molar-refractivity contribution is -0.133. The Morgan fingerprint density at radius 1 is 0.975 bits per heavy atom. The first-order chi connectivity index (χ1) is 19.2. The van der Waals surface area contributed by atoms with Crippen LogP contribution in [0.25, 0.3) is 10.9 Å². The molecule has 0 bridgehead atoms. The second-order valence-corrected chi connectivity index (χ2v) is 10.9. The molecule has 0 saturated carbocycles. The van der Waals surface area contributed by atoms with E-state index in [1.165, 1.54) is 6.92 Å². The third kappa shape index (κ3) is 6.14. The average Bonchev–Trinajstić information content (AvgIpc) is 3.53. The molecule has 1 aromatic heterocycles. The third-order valence-corrected chi connectivity index (χ3v) is 7.66. The molecule has 0 fully saturated rings. The molecule has 0 aliphatic carbocycles. The zero-order chi connectivity index (χ0) is 28.4. The summed E-state index contributed by atoms with van der Waals surface area (Å²) in [7, 11) is 0. The van der Waals surface area contributed by atoms with Crippen molar-refractivity contribution >= 4 is 57.5 Å². The van der Waals surface area contributed by atoms with Gasteiger partial charge in [0.15, 0.2) is 0 Å². The number of carbonyl (C=O) groups is 3. The van der Waals surface area contributed by atoms with E-state index in [-0.39, 0.29) is 17.7 Å². The molecular weight excluding hydrogens is 549 g/mol. The van der Waals surface area contributed by atoms with Crippen molar-refractivity contribution in [2.75, 3.05) is 5.32 Å². The van der Waals surface area contributed by atoms with Gasteiger partial charge in [-0.05, 0) is 59.0 Å². The number of nitrogens with one attached hydrogen (secondary N) is 3. The number of nitrogens with zero attached hydrogens (tertiary/aromatic N) is 1. The van der Waals surface area contributed by atoms with Gasteiger partial charge in [0.25, 0.3) is 0 Å². The first-order valence-electron chi connectivity index (χ1n) is 12.9. The highest BCUT2D eigenvalue weighted by atomic mass is 35.5. The maximum absolute atomic E-state index is 13.3. The molecule has 206 valence electrons. The molecule has 4 aromatic rings. The van der Waals surface area contributed by atoms with Crippen LogP contribution in [0.1, 0.15) is 29.2 Å². The Labute approximate surface area is 241 Å². The number of hydrogen-bond donors (Lipinski definition) is 4. The number of aromatic nitrogens is 1. The van der Waals surface area contributed by atoms with Crippen LogP contribution in [0.3, 0.4) is 0 Å². The number of nitrogens with two attached hydrogens (primary N) is 1. The molecule has 1 aliphatic rings. The monoisotopic (exact) mass is 577 g/mol. The fourth-order valence-corrected chi connectivity index (χ4v) is 5.56. The van der Waals surface area contributed by atoms with Crippen molar-refractivity contribution in [1.29, 1.82) is 0 Å². The highest BCUT2D eigenvalue weighted by Gasteiger charge is 2.28. The fraction of sp³-hybridized carbons (Fsp3) is 0.233. The SMILES string of the molecule is CC(=O)NC(Cc1c[nH]c2ccccc12)C(=O)Nc1ccc2c(c1)CN(C(=O)C(N)Cc1ccc(Cl)cc1Cl)C2. The summed E-state index contributed by atoms with van der Waals surface area (Å²) in [4.78, 5) is 43.2. The Morgan fingerprint density at radius 3 is 2.52 bits per heavy atom. The molecule has 10 heteroatoms. The van der Waals surface area contributed by atoms with Crippen molar-refractivity contribution in [1.82, 2.24) is 15.2 Å². The Bertz CT molecular complexity index is 1600. The zero-order valence-electron chi connectivity index (χ0n) is 21.8. The first kappa shape index (κ1) is 27.7. The van der Waals surface area contributed by atoms with Crippen LogP contribution < -0.4 is 16.4 Å². The Balaban J connectivity index is 1.24. The standard InChI is InChI=1S/C30H29Cl2N5O3/c1-17(38)35-28(12-20-14-34-27-5-3-2-4-24(20)27)29(39)36-23-9-7-19-15-37(16-21(19)10-23)30(40)26(33)11-18-6-8-22(31)13-25(18)32/h2-10,13-14,26,28,34H,11-12,15-16,33H2,1H3,(H,35,38)(H,36,39). The van der Waals surface area contributed by atoms with E-state index >= 15 is 0 Å². The van der Waals surface area contributed by atoms with Crippen molar-refractivity contribution in [2.24, 2.45) is 5.73 Å². The average molecular weight is 579 g/mol. The van der Waals surface area contributed by atoms with Crippen molar-refractivity contribution in [2.45, 2.75) is 44.9 Å². The molecule has 0 saturated heterocycles. The summed E-state index contributed by atoms with van der Waals surface area (Å²) in [6, 6.07) is 17.0. The molecule has 40 heavy (non-hydrogen) atoms. The Kier molecular flexibility index (Phi) is 8.12. The van der Waals surface area contributed by atoms with E-state index in [1.54, 1.807) is 29.2 Å². The largest absolute Gasteiger partial charge is 0.361 e. The van der Waals surface area contributed by atoms with Gasteiger partial charge in [-0.25, -0.2) is 0 Å². The molecule has 3 aromatic carbocycles. The van der Waals surface area contributed by atoms with E-state index in [9.17, 15) is 14.4 Å². The predicted octanol–water partition coefficient (Wildman–Crippen LogP) is 4.57. The summed E-state index contributed by atoms with van der Waals surface area (Å²) in [5.74, 6) is -0.801. The van der Waals surface area contributed by atoms with E-state index in [0.29, 0.717) is 41.7 Å². The van der Waals surface area contributed by atoms with E-state index in [4.69, 9.17) is 28.9 Å². The van der Waals surface area contributed by atoms with Crippen LogP contribution >= 0.6 is 23.2 Å².